The van der Waals surface area contributed by atoms with Gasteiger partial charge >= 0.3 is 5.97 Å². The molecule has 142 valence electrons. The molecule has 2 rings (SSSR count). The first-order valence-corrected chi connectivity index (χ1v) is 10.1. The maximum atomic E-state index is 13.2. The lowest BCUT2D eigenvalue weighted by molar-refractivity contribution is -0.147. The molecular weight excluding hydrogens is 376 g/mol. The predicted octanol–water partition coefficient (Wildman–Crippen LogP) is 2.69. The number of carbonyl (C=O) groups excluding carboxylic acids is 1. The molecule has 0 aromatic heterocycles. The first-order chi connectivity index (χ1) is 12.1. The number of hydrogen-bond donors (Lipinski definition) is 2. The molecule has 0 spiro atoms. The molecule has 0 radical (unpaired) electrons. The van der Waals surface area contributed by atoms with E-state index < -0.39 is 20.8 Å². The van der Waals surface area contributed by atoms with E-state index in [4.69, 9.17) is 22.1 Å². The Labute approximate surface area is 158 Å². The van der Waals surface area contributed by atoms with Crippen molar-refractivity contribution in [2.75, 3.05) is 13.2 Å². The molecule has 0 amide bonds. The molecule has 2 aromatic carbocycles. The molecule has 0 fully saturated rings. The van der Waals surface area contributed by atoms with Gasteiger partial charge < -0.3 is 4.74 Å². The summed E-state index contributed by atoms with van der Waals surface area (Å²) in [6, 6.07) is 9.61. The number of carbonyl (C=O) groups is 1. The molecular formula is C18H23ClN2O4S. The molecule has 0 aliphatic rings. The van der Waals surface area contributed by atoms with Crippen LogP contribution >= 0.6 is 11.6 Å². The third-order valence-corrected chi connectivity index (χ3v) is 6.13. The number of hydrogen-bond acceptors (Lipinski definition) is 6. The van der Waals surface area contributed by atoms with Crippen molar-refractivity contribution in [3.63, 3.8) is 0 Å². The van der Waals surface area contributed by atoms with E-state index in [1.807, 2.05) is 13.8 Å². The van der Waals surface area contributed by atoms with Crippen molar-refractivity contribution in [1.82, 2.24) is 5.32 Å². The summed E-state index contributed by atoms with van der Waals surface area (Å²) in [5.74, 6) is -0.946. The quantitative estimate of drug-likeness (QED) is 0.549. The Hall–Kier alpha value is -1.67. The van der Waals surface area contributed by atoms with Gasteiger partial charge in [-0.1, -0.05) is 37.6 Å². The number of nitrogens with one attached hydrogen (secondary N) is 1. The fraction of sp³-hybridized carbons (Fsp3) is 0.389. The largest absolute Gasteiger partial charge is 0.463 e. The van der Waals surface area contributed by atoms with Crippen LogP contribution in [0.3, 0.4) is 0 Å². The number of halogens is 1. The number of benzene rings is 2. The van der Waals surface area contributed by atoms with Crippen molar-refractivity contribution in [3.05, 3.63) is 41.4 Å². The first-order valence-electron chi connectivity index (χ1n) is 8.27. The fourth-order valence-corrected chi connectivity index (χ4v) is 4.05. The van der Waals surface area contributed by atoms with Gasteiger partial charge in [0.25, 0.3) is 4.99 Å². The van der Waals surface area contributed by atoms with Crippen molar-refractivity contribution in [1.29, 1.82) is 0 Å². The normalized spacial score (nSPS) is 14.4. The third-order valence-electron chi connectivity index (χ3n) is 3.86. The zero-order valence-electron chi connectivity index (χ0n) is 15.0. The summed E-state index contributed by atoms with van der Waals surface area (Å²) < 4.78 is 31.3. The Morgan fingerprint density at radius 2 is 1.85 bits per heavy atom. The molecule has 0 aliphatic carbocycles. The van der Waals surface area contributed by atoms with E-state index in [9.17, 15) is 13.2 Å². The highest BCUT2D eigenvalue weighted by molar-refractivity contribution is 7.93. The summed E-state index contributed by atoms with van der Waals surface area (Å²) in [4.78, 5) is 9.96. The highest BCUT2D eigenvalue weighted by Gasteiger charge is 2.49. The molecule has 0 aliphatic heterocycles. The van der Waals surface area contributed by atoms with Gasteiger partial charge in [0, 0.05) is 11.6 Å². The fourth-order valence-electron chi connectivity index (χ4n) is 2.42. The SMILES string of the molecule is CCOC(=O)C(N)(NCC(C)C)S(=O)(=O)c1ccc2cc(Cl)ccc2c1. The smallest absolute Gasteiger partial charge is 0.357 e. The van der Waals surface area contributed by atoms with E-state index in [1.165, 1.54) is 12.1 Å². The second-order valence-corrected chi connectivity index (χ2v) is 8.95. The number of esters is 1. The van der Waals surface area contributed by atoms with Crippen molar-refractivity contribution in [2.45, 2.75) is 30.7 Å². The van der Waals surface area contributed by atoms with Crippen LogP contribution in [0.5, 0.6) is 0 Å². The Bertz CT molecular complexity index is 915. The summed E-state index contributed by atoms with van der Waals surface area (Å²) in [6.45, 7) is 5.60. The van der Waals surface area contributed by atoms with Crippen LogP contribution in [0.4, 0.5) is 0 Å². The van der Waals surface area contributed by atoms with Crippen LogP contribution < -0.4 is 11.1 Å². The summed E-state index contributed by atoms with van der Waals surface area (Å²) in [5.41, 5.74) is 6.06. The first kappa shape index (κ1) is 20.6. The van der Waals surface area contributed by atoms with Crippen LogP contribution in [0.15, 0.2) is 41.3 Å². The number of fused-ring (bicyclic) bond motifs is 1. The lowest BCUT2D eigenvalue weighted by atomic mass is 10.1. The number of sulfone groups is 1. The van der Waals surface area contributed by atoms with Gasteiger partial charge in [-0.2, -0.15) is 0 Å². The van der Waals surface area contributed by atoms with Gasteiger partial charge in [0.2, 0.25) is 9.84 Å². The predicted molar refractivity (Wildman–Crippen MR) is 103 cm³/mol. The van der Waals surface area contributed by atoms with Gasteiger partial charge in [-0.25, -0.2) is 13.2 Å². The van der Waals surface area contributed by atoms with E-state index >= 15 is 0 Å². The highest BCUT2D eigenvalue weighted by Crippen LogP contribution is 2.27. The second-order valence-electron chi connectivity index (χ2n) is 6.39. The van der Waals surface area contributed by atoms with Crippen LogP contribution in [-0.4, -0.2) is 32.5 Å². The highest BCUT2D eigenvalue weighted by atomic mass is 35.5. The lowest BCUT2D eigenvalue weighted by Crippen LogP contribution is -2.66. The number of rotatable bonds is 7. The molecule has 8 heteroatoms. The van der Waals surface area contributed by atoms with Crippen molar-refractivity contribution in [2.24, 2.45) is 11.7 Å². The zero-order chi connectivity index (χ0) is 19.5. The van der Waals surface area contributed by atoms with Crippen LogP contribution in [0.2, 0.25) is 5.02 Å². The molecule has 6 nitrogen and oxygen atoms in total. The monoisotopic (exact) mass is 398 g/mol. The van der Waals surface area contributed by atoms with Crippen molar-refractivity contribution < 1.29 is 17.9 Å². The molecule has 1 atom stereocenters. The maximum Gasteiger partial charge on any atom is 0.357 e. The molecule has 0 saturated carbocycles. The molecule has 2 aromatic rings. The van der Waals surface area contributed by atoms with E-state index in [2.05, 4.69) is 5.32 Å². The summed E-state index contributed by atoms with van der Waals surface area (Å²) in [5, 5.41) is 4.67. The maximum absolute atomic E-state index is 13.2. The van der Waals surface area contributed by atoms with Crippen molar-refractivity contribution in [3.8, 4) is 0 Å². The van der Waals surface area contributed by atoms with Gasteiger partial charge in [0.15, 0.2) is 0 Å². The van der Waals surface area contributed by atoms with Gasteiger partial charge in [-0.05, 0) is 47.9 Å². The molecule has 3 N–H and O–H groups in total. The minimum absolute atomic E-state index is 0.0207. The van der Waals surface area contributed by atoms with E-state index in [0.29, 0.717) is 10.4 Å². The van der Waals surface area contributed by atoms with Gasteiger partial charge in [0.05, 0.1) is 11.5 Å². The summed E-state index contributed by atoms with van der Waals surface area (Å²) >= 11 is 5.96. The average Bonchev–Trinajstić information content (AvgIpc) is 2.59. The Kier molecular flexibility index (Phi) is 6.29. The summed E-state index contributed by atoms with van der Waals surface area (Å²) in [6.07, 6.45) is 0. The van der Waals surface area contributed by atoms with E-state index in [-0.39, 0.29) is 24.0 Å². The molecule has 0 heterocycles. The molecule has 26 heavy (non-hydrogen) atoms. The van der Waals surface area contributed by atoms with E-state index in [0.717, 1.165) is 5.39 Å². The Morgan fingerprint density at radius 1 is 1.23 bits per heavy atom. The molecule has 1 unspecified atom stereocenters. The third kappa shape index (κ3) is 4.01. The topological polar surface area (TPSA) is 98.5 Å². The zero-order valence-corrected chi connectivity index (χ0v) is 16.5. The van der Waals surface area contributed by atoms with Crippen LogP contribution in [0, 0.1) is 5.92 Å². The minimum atomic E-state index is -4.26. The van der Waals surface area contributed by atoms with Crippen LogP contribution in [0.25, 0.3) is 10.8 Å². The summed E-state index contributed by atoms with van der Waals surface area (Å²) in [7, 11) is -4.26. The minimum Gasteiger partial charge on any atom is -0.463 e. The van der Waals surface area contributed by atoms with Crippen LogP contribution in [-0.2, 0) is 19.4 Å². The standard InChI is InChI=1S/C18H23ClN2O4S/c1-4-25-17(22)18(20,21-11-12(2)3)26(23,24)16-8-6-13-9-15(19)7-5-14(13)10-16/h5-10,12,21H,4,11,20H2,1-3H3. The van der Waals surface area contributed by atoms with Gasteiger partial charge in [-0.3, -0.25) is 11.1 Å². The number of nitrogens with two attached hydrogens (primary N) is 1. The second kappa shape index (κ2) is 7.92. The van der Waals surface area contributed by atoms with Gasteiger partial charge in [-0.15, -0.1) is 0 Å². The van der Waals surface area contributed by atoms with Crippen molar-refractivity contribution >= 4 is 38.2 Å². The average molecular weight is 399 g/mol. The molecule has 0 saturated heterocycles. The Balaban J connectivity index is 2.54. The molecule has 0 bridgehead atoms. The van der Waals surface area contributed by atoms with E-state index in [1.54, 1.807) is 31.2 Å². The Morgan fingerprint density at radius 3 is 2.46 bits per heavy atom. The van der Waals surface area contributed by atoms with Crippen LogP contribution in [0.1, 0.15) is 20.8 Å². The van der Waals surface area contributed by atoms with Gasteiger partial charge in [0.1, 0.15) is 0 Å². The lowest BCUT2D eigenvalue weighted by Gasteiger charge is -2.29. The number of ether oxygens (including phenoxy) is 1.